The quantitative estimate of drug-likeness (QED) is 0.849. The van der Waals surface area contributed by atoms with Gasteiger partial charge in [-0.05, 0) is 18.6 Å². The summed E-state index contributed by atoms with van der Waals surface area (Å²) in [6, 6.07) is 7.16. The lowest BCUT2D eigenvalue weighted by Gasteiger charge is -2.07. The fourth-order valence-corrected chi connectivity index (χ4v) is 2.03. The third-order valence-electron chi connectivity index (χ3n) is 2.89. The second-order valence-electron chi connectivity index (χ2n) is 3.97. The van der Waals surface area contributed by atoms with Crippen molar-refractivity contribution in [1.29, 1.82) is 0 Å². The molecule has 0 radical (unpaired) electrons. The molecule has 2 rings (SSSR count). The first-order valence-electron chi connectivity index (χ1n) is 5.59. The number of carbonyl (C=O) groups is 1. The lowest BCUT2D eigenvalue weighted by atomic mass is 9.99. The highest BCUT2D eigenvalue weighted by atomic mass is 35.5. The number of nitrogens with two attached hydrogens (primary N) is 1. The maximum absolute atomic E-state index is 12.1. The monoisotopic (exact) mass is 251 g/mol. The molecule has 0 bridgehead atoms. The number of rotatable bonds is 4. The molecule has 1 aromatic carbocycles. The van der Waals surface area contributed by atoms with Crippen molar-refractivity contribution in [3.63, 3.8) is 0 Å². The number of carbonyl (C=O) groups excluding carboxylic acids is 1. The van der Waals surface area contributed by atoms with E-state index >= 15 is 0 Å². The third kappa shape index (κ3) is 2.21. The van der Waals surface area contributed by atoms with Crippen molar-refractivity contribution in [1.82, 2.24) is 0 Å². The fraction of sp³-hybridized carbons (Fsp3) is 0.308. The standard InChI is InChI=1S/C13H14ClNO2/c1-2-8(7-15)12(16)11-6-9-4-3-5-10(14)13(9)17-11/h3-6,8H,2,7,15H2,1H3. The Bertz CT molecular complexity index is 543. The molecular weight excluding hydrogens is 238 g/mol. The first-order chi connectivity index (χ1) is 8.17. The van der Waals surface area contributed by atoms with E-state index < -0.39 is 0 Å². The summed E-state index contributed by atoms with van der Waals surface area (Å²) in [4.78, 5) is 12.1. The van der Waals surface area contributed by atoms with Crippen LogP contribution in [0.4, 0.5) is 0 Å². The van der Waals surface area contributed by atoms with Gasteiger partial charge in [0.1, 0.15) is 0 Å². The summed E-state index contributed by atoms with van der Waals surface area (Å²) in [5.74, 6) is 0.0991. The predicted octanol–water partition coefficient (Wildman–Crippen LogP) is 3.25. The van der Waals surface area contributed by atoms with E-state index in [1.807, 2.05) is 19.1 Å². The third-order valence-corrected chi connectivity index (χ3v) is 3.18. The largest absolute Gasteiger partial charge is 0.451 e. The van der Waals surface area contributed by atoms with Gasteiger partial charge in [-0.1, -0.05) is 30.7 Å². The molecule has 1 unspecified atom stereocenters. The van der Waals surface area contributed by atoms with Crippen LogP contribution < -0.4 is 5.73 Å². The first kappa shape index (κ1) is 12.1. The van der Waals surface area contributed by atoms with Crippen molar-refractivity contribution in [2.45, 2.75) is 13.3 Å². The zero-order valence-electron chi connectivity index (χ0n) is 9.57. The average Bonchev–Trinajstić information content (AvgIpc) is 2.76. The number of hydrogen-bond donors (Lipinski definition) is 1. The Hall–Kier alpha value is -1.32. The predicted molar refractivity (Wildman–Crippen MR) is 68.4 cm³/mol. The van der Waals surface area contributed by atoms with Gasteiger partial charge in [-0.25, -0.2) is 0 Å². The van der Waals surface area contributed by atoms with Crippen molar-refractivity contribution >= 4 is 28.4 Å². The van der Waals surface area contributed by atoms with Gasteiger partial charge in [0, 0.05) is 17.8 Å². The van der Waals surface area contributed by atoms with E-state index in [1.165, 1.54) is 0 Å². The summed E-state index contributed by atoms with van der Waals surface area (Å²) >= 11 is 5.99. The van der Waals surface area contributed by atoms with Crippen LogP contribution >= 0.6 is 11.6 Å². The molecule has 4 heteroatoms. The molecule has 0 aliphatic rings. The van der Waals surface area contributed by atoms with Crippen LogP contribution in [0.3, 0.4) is 0 Å². The molecule has 0 saturated carbocycles. The highest BCUT2D eigenvalue weighted by Crippen LogP contribution is 2.27. The first-order valence-corrected chi connectivity index (χ1v) is 5.97. The van der Waals surface area contributed by atoms with Crippen LogP contribution in [-0.2, 0) is 0 Å². The van der Waals surface area contributed by atoms with Crippen LogP contribution in [-0.4, -0.2) is 12.3 Å². The lowest BCUT2D eigenvalue weighted by molar-refractivity contribution is 0.0895. The molecular formula is C13H14ClNO2. The molecule has 0 fully saturated rings. The molecule has 1 heterocycles. The summed E-state index contributed by atoms with van der Waals surface area (Å²) in [5, 5.41) is 1.36. The van der Waals surface area contributed by atoms with Gasteiger partial charge in [0.2, 0.25) is 5.78 Å². The molecule has 17 heavy (non-hydrogen) atoms. The maximum Gasteiger partial charge on any atom is 0.202 e. The van der Waals surface area contributed by atoms with Crippen molar-refractivity contribution < 1.29 is 9.21 Å². The van der Waals surface area contributed by atoms with Crippen LogP contribution in [0.5, 0.6) is 0 Å². The number of furan rings is 1. The number of ketones is 1. The minimum atomic E-state index is -0.186. The summed E-state index contributed by atoms with van der Waals surface area (Å²) in [7, 11) is 0. The second-order valence-corrected chi connectivity index (χ2v) is 4.38. The molecule has 1 atom stereocenters. The summed E-state index contributed by atoms with van der Waals surface area (Å²) in [6.45, 7) is 2.27. The molecule has 2 aromatic rings. The molecule has 0 aliphatic carbocycles. The van der Waals surface area contributed by atoms with Crippen molar-refractivity contribution in [2.24, 2.45) is 11.7 Å². The van der Waals surface area contributed by atoms with Crippen LogP contribution in [0, 0.1) is 5.92 Å². The number of Topliss-reactive ketones (excluding diaryl/α,β-unsaturated/α-hetero) is 1. The van der Waals surface area contributed by atoms with E-state index in [0.717, 1.165) is 5.39 Å². The highest BCUT2D eigenvalue weighted by molar-refractivity contribution is 6.34. The Morgan fingerprint density at radius 2 is 2.29 bits per heavy atom. The highest BCUT2D eigenvalue weighted by Gasteiger charge is 2.21. The zero-order valence-corrected chi connectivity index (χ0v) is 10.3. The van der Waals surface area contributed by atoms with Crippen LogP contribution in [0.2, 0.25) is 5.02 Å². The normalized spacial score (nSPS) is 12.9. The molecule has 0 spiro atoms. The van der Waals surface area contributed by atoms with Gasteiger partial charge in [0.05, 0.1) is 5.02 Å². The fourth-order valence-electron chi connectivity index (χ4n) is 1.81. The Morgan fingerprint density at radius 1 is 1.53 bits per heavy atom. The van der Waals surface area contributed by atoms with Gasteiger partial charge < -0.3 is 10.2 Å². The zero-order chi connectivity index (χ0) is 12.4. The van der Waals surface area contributed by atoms with Gasteiger partial charge in [0.15, 0.2) is 11.3 Å². The number of hydrogen-bond acceptors (Lipinski definition) is 3. The van der Waals surface area contributed by atoms with E-state index in [9.17, 15) is 4.79 Å². The lowest BCUT2D eigenvalue weighted by Crippen LogP contribution is -2.22. The van der Waals surface area contributed by atoms with Gasteiger partial charge in [0.25, 0.3) is 0 Å². The average molecular weight is 252 g/mol. The maximum atomic E-state index is 12.1. The van der Waals surface area contributed by atoms with E-state index in [0.29, 0.717) is 29.3 Å². The number of para-hydroxylation sites is 1. The molecule has 0 aliphatic heterocycles. The van der Waals surface area contributed by atoms with Crippen LogP contribution in [0.1, 0.15) is 23.9 Å². The minimum absolute atomic E-state index is 0.0535. The van der Waals surface area contributed by atoms with E-state index in [1.54, 1.807) is 12.1 Å². The molecule has 90 valence electrons. The van der Waals surface area contributed by atoms with Crippen molar-refractivity contribution in [3.05, 3.63) is 35.0 Å². The molecule has 1 aromatic heterocycles. The van der Waals surface area contributed by atoms with Gasteiger partial charge in [-0.2, -0.15) is 0 Å². The Balaban J connectivity index is 2.43. The SMILES string of the molecule is CCC(CN)C(=O)c1cc2cccc(Cl)c2o1. The second kappa shape index (κ2) is 4.90. The Kier molecular flexibility index (Phi) is 3.50. The summed E-state index contributed by atoms with van der Waals surface area (Å²) in [5.41, 5.74) is 6.12. The van der Waals surface area contributed by atoms with Crippen molar-refractivity contribution in [3.8, 4) is 0 Å². The van der Waals surface area contributed by atoms with Gasteiger partial charge in [-0.15, -0.1) is 0 Å². The van der Waals surface area contributed by atoms with Gasteiger partial charge >= 0.3 is 0 Å². The molecule has 2 N–H and O–H groups in total. The van der Waals surface area contributed by atoms with Crippen molar-refractivity contribution in [2.75, 3.05) is 6.54 Å². The van der Waals surface area contributed by atoms with Crippen LogP contribution in [0.15, 0.2) is 28.7 Å². The van der Waals surface area contributed by atoms with Crippen LogP contribution in [0.25, 0.3) is 11.0 Å². The minimum Gasteiger partial charge on any atom is -0.451 e. The Labute approximate surface area is 105 Å². The van der Waals surface area contributed by atoms with E-state index in [4.69, 9.17) is 21.8 Å². The van der Waals surface area contributed by atoms with E-state index in [-0.39, 0.29) is 11.7 Å². The summed E-state index contributed by atoms with van der Waals surface area (Å²) < 4.78 is 5.51. The number of benzene rings is 1. The number of halogens is 1. The molecule has 3 nitrogen and oxygen atoms in total. The molecule has 0 amide bonds. The smallest absolute Gasteiger partial charge is 0.202 e. The number of fused-ring (bicyclic) bond motifs is 1. The topological polar surface area (TPSA) is 56.2 Å². The van der Waals surface area contributed by atoms with Gasteiger partial charge in [-0.3, -0.25) is 4.79 Å². The van der Waals surface area contributed by atoms with E-state index in [2.05, 4.69) is 0 Å². The molecule has 0 saturated heterocycles. The Morgan fingerprint density at radius 3 is 2.88 bits per heavy atom. The summed E-state index contributed by atoms with van der Waals surface area (Å²) in [6.07, 6.45) is 0.708.